The lowest BCUT2D eigenvalue weighted by atomic mass is 10.0. The molecule has 1 heterocycles. The van der Waals surface area contributed by atoms with Crippen molar-refractivity contribution in [2.45, 2.75) is 19.4 Å². The predicted molar refractivity (Wildman–Crippen MR) is 109 cm³/mol. The van der Waals surface area contributed by atoms with Gasteiger partial charge in [0.15, 0.2) is 0 Å². The molecule has 0 aromatic heterocycles. The third-order valence-electron chi connectivity index (χ3n) is 4.97. The Balaban J connectivity index is 2.07. The quantitative estimate of drug-likeness (QED) is 0.686. The van der Waals surface area contributed by atoms with Gasteiger partial charge in [-0.05, 0) is 31.2 Å². The van der Waals surface area contributed by atoms with Gasteiger partial charge in [-0.3, -0.25) is 14.5 Å². The molecule has 1 aromatic carbocycles. The molecule has 0 aliphatic carbocycles. The summed E-state index contributed by atoms with van der Waals surface area (Å²) in [4.78, 5) is 30.7. The molecule has 0 saturated carbocycles. The maximum absolute atomic E-state index is 12.1. The van der Waals surface area contributed by atoms with Crippen LogP contribution in [0.25, 0.3) is 0 Å². The van der Waals surface area contributed by atoms with Crippen LogP contribution in [0.1, 0.15) is 24.9 Å². The number of piperazine rings is 1. The van der Waals surface area contributed by atoms with Crippen molar-refractivity contribution >= 4 is 17.5 Å². The molecule has 2 N–H and O–H groups in total. The molecular weight excluding hydrogens is 342 g/mol. The number of nitrogens with zero attached hydrogens (tertiary/aromatic N) is 3. The molecule has 1 saturated heterocycles. The van der Waals surface area contributed by atoms with E-state index >= 15 is 0 Å². The van der Waals surface area contributed by atoms with E-state index in [9.17, 15) is 9.59 Å². The first-order chi connectivity index (χ1) is 12.9. The summed E-state index contributed by atoms with van der Waals surface area (Å²) in [6.45, 7) is 6.76. The number of rotatable bonds is 7. The zero-order valence-electron chi connectivity index (χ0n) is 17.0. The van der Waals surface area contributed by atoms with Crippen LogP contribution in [-0.4, -0.2) is 82.0 Å². The summed E-state index contributed by atoms with van der Waals surface area (Å²) in [5, 5.41) is 5.44. The predicted octanol–water partition coefficient (Wildman–Crippen LogP) is 0.684. The van der Waals surface area contributed by atoms with Crippen LogP contribution in [0.5, 0.6) is 0 Å². The first-order valence-electron chi connectivity index (χ1n) is 9.68. The number of amides is 2. The summed E-state index contributed by atoms with van der Waals surface area (Å²) in [6.07, 6.45) is 0.807. The lowest BCUT2D eigenvalue weighted by Crippen LogP contribution is -2.49. The third kappa shape index (κ3) is 6.22. The number of carbonyl (C=O) groups is 2. The molecule has 0 bridgehead atoms. The molecule has 27 heavy (non-hydrogen) atoms. The average Bonchev–Trinajstić information content (AvgIpc) is 2.67. The zero-order valence-corrected chi connectivity index (χ0v) is 17.0. The summed E-state index contributed by atoms with van der Waals surface area (Å²) >= 11 is 0. The maximum atomic E-state index is 12.1. The second kappa shape index (κ2) is 10.3. The molecule has 1 fully saturated rings. The van der Waals surface area contributed by atoms with Gasteiger partial charge in [0.05, 0.1) is 6.04 Å². The Bertz CT molecular complexity index is 609. The van der Waals surface area contributed by atoms with Crippen LogP contribution < -0.4 is 15.5 Å². The zero-order chi connectivity index (χ0) is 19.8. The van der Waals surface area contributed by atoms with E-state index in [-0.39, 0.29) is 6.04 Å². The van der Waals surface area contributed by atoms with Gasteiger partial charge in [-0.25, -0.2) is 0 Å². The molecule has 1 aliphatic heterocycles. The highest BCUT2D eigenvalue weighted by atomic mass is 16.2. The van der Waals surface area contributed by atoms with Crippen molar-refractivity contribution in [3.05, 3.63) is 29.8 Å². The van der Waals surface area contributed by atoms with Crippen molar-refractivity contribution < 1.29 is 9.59 Å². The topological polar surface area (TPSA) is 67.9 Å². The molecule has 7 heteroatoms. The number of carbonyl (C=O) groups excluding carboxylic acids is 2. The third-order valence-corrected chi connectivity index (χ3v) is 4.97. The number of hydrogen-bond acceptors (Lipinski definition) is 5. The molecule has 150 valence electrons. The number of likely N-dealkylation sites (N-methyl/N-ethyl adjacent to an activating group) is 1. The first kappa shape index (κ1) is 21.2. The number of anilines is 1. The van der Waals surface area contributed by atoms with E-state index in [1.54, 1.807) is 0 Å². The minimum Gasteiger partial charge on any atom is -0.378 e. The Morgan fingerprint density at radius 1 is 1.04 bits per heavy atom. The first-order valence-corrected chi connectivity index (χ1v) is 9.68. The van der Waals surface area contributed by atoms with Crippen LogP contribution in [0.2, 0.25) is 0 Å². The normalized spacial score (nSPS) is 16.6. The lowest BCUT2D eigenvalue weighted by molar-refractivity contribution is -0.139. The van der Waals surface area contributed by atoms with Crippen molar-refractivity contribution in [2.24, 2.45) is 0 Å². The molecule has 7 nitrogen and oxygen atoms in total. The fourth-order valence-electron chi connectivity index (χ4n) is 3.17. The van der Waals surface area contributed by atoms with Gasteiger partial charge in [-0.2, -0.15) is 0 Å². The molecule has 0 unspecified atom stereocenters. The largest absolute Gasteiger partial charge is 0.378 e. The van der Waals surface area contributed by atoms with E-state index < -0.39 is 11.8 Å². The van der Waals surface area contributed by atoms with Crippen LogP contribution in [-0.2, 0) is 9.59 Å². The van der Waals surface area contributed by atoms with Crippen LogP contribution >= 0.6 is 0 Å². The fourth-order valence-corrected chi connectivity index (χ4v) is 3.17. The van der Waals surface area contributed by atoms with E-state index in [1.165, 1.54) is 0 Å². The van der Waals surface area contributed by atoms with Gasteiger partial charge < -0.3 is 20.4 Å². The summed E-state index contributed by atoms with van der Waals surface area (Å²) in [5.41, 5.74) is 2.29. The standard InChI is InChI=1S/C20H33N5O2/c1-5-10-21-19(26)20(27)22-15-18(25-13-11-24(4)12-14-25)16-6-8-17(9-7-16)23(2)3/h6-9,18H,5,10-15H2,1-4H3,(H,21,26)(H,22,27)/t18-/m1/s1. The Kier molecular flexibility index (Phi) is 8.06. The maximum Gasteiger partial charge on any atom is 0.309 e. The molecule has 0 radical (unpaired) electrons. The molecule has 0 spiro atoms. The Hall–Kier alpha value is -2.12. The summed E-state index contributed by atoms with van der Waals surface area (Å²) in [6, 6.07) is 8.46. The minimum absolute atomic E-state index is 0.0536. The van der Waals surface area contributed by atoms with Crippen molar-refractivity contribution in [1.82, 2.24) is 20.4 Å². The highest BCUT2D eigenvalue weighted by Gasteiger charge is 2.25. The van der Waals surface area contributed by atoms with Gasteiger partial charge in [-0.1, -0.05) is 19.1 Å². The molecule has 2 amide bonds. The Labute approximate surface area is 162 Å². The smallest absolute Gasteiger partial charge is 0.309 e. The minimum atomic E-state index is -0.563. The number of hydrogen-bond donors (Lipinski definition) is 2. The van der Waals surface area contributed by atoms with Crippen LogP contribution in [0.4, 0.5) is 5.69 Å². The lowest BCUT2D eigenvalue weighted by Gasteiger charge is -2.38. The molecule has 1 aliphatic rings. The highest BCUT2D eigenvalue weighted by Crippen LogP contribution is 2.24. The highest BCUT2D eigenvalue weighted by molar-refractivity contribution is 6.35. The van der Waals surface area contributed by atoms with E-state index in [1.807, 2.05) is 21.0 Å². The summed E-state index contributed by atoms with van der Waals surface area (Å²) < 4.78 is 0. The molecule has 2 rings (SSSR count). The summed E-state index contributed by atoms with van der Waals surface area (Å²) in [7, 11) is 6.16. The van der Waals surface area contributed by atoms with Crippen molar-refractivity contribution in [2.75, 3.05) is 65.3 Å². The fraction of sp³-hybridized carbons (Fsp3) is 0.600. The van der Waals surface area contributed by atoms with Crippen molar-refractivity contribution in [1.29, 1.82) is 0 Å². The molecular formula is C20H33N5O2. The SMILES string of the molecule is CCCNC(=O)C(=O)NC[C@H](c1ccc(N(C)C)cc1)N1CCN(C)CC1. The van der Waals surface area contributed by atoms with E-state index in [4.69, 9.17) is 0 Å². The van der Waals surface area contributed by atoms with Crippen LogP contribution in [0.15, 0.2) is 24.3 Å². The van der Waals surface area contributed by atoms with Gasteiger partial charge in [0.2, 0.25) is 0 Å². The van der Waals surface area contributed by atoms with Crippen molar-refractivity contribution in [3.63, 3.8) is 0 Å². The monoisotopic (exact) mass is 375 g/mol. The van der Waals surface area contributed by atoms with Gasteiger partial charge in [0, 0.05) is 59.1 Å². The Morgan fingerprint density at radius 3 is 2.19 bits per heavy atom. The second-order valence-corrected chi connectivity index (χ2v) is 7.31. The van der Waals surface area contributed by atoms with Gasteiger partial charge in [0.1, 0.15) is 0 Å². The van der Waals surface area contributed by atoms with Gasteiger partial charge in [-0.15, -0.1) is 0 Å². The van der Waals surface area contributed by atoms with E-state index in [0.29, 0.717) is 13.1 Å². The number of nitrogens with one attached hydrogen (secondary N) is 2. The second-order valence-electron chi connectivity index (χ2n) is 7.31. The van der Waals surface area contributed by atoms with Crippen LogP contribution in [0, 0.1) is 0 Å². The average molecular weight is 376 g/mol. The summed E-state index contributed by atoms with van der Waals surface area (Å²) in [5.74, 6) is -1.12. The molecule has 1 aromatic rings. The Morgan fingerprint density at radius 2 is 1.63 bits per heavy atom. The number of benzene rings is 1. The van der Waals surface area contributed by atoms with Gasteiger partial charge in [0.25, 0.3) is 0 Å². The molecule has 1 atom stereocenters. The van der Waals surface area contributed by atoms with E-state index in [0.717, 1.165) is 43.9 Å². The van der Waals surface area contributed by atoms with E-state index in [2.05, 4.69) is 56.6 Å². The van der Waals surface area contributed by atoms with Crippen LogP contribution in [0.3, 0.4) is 0 Å². The van der Waals surface area contributed by atoms with Gasteiger partial charge >= 0.3 is 11.8 Å². The van der Waals surface area contributed by atoms with Crippen molar-refractivity contribution in [3.8, 4) is 0 Å².